The molecule has 0 fully saturated rings. The zero-order valence-electron chi connectivity index (χ0n) is 55.8. The van der Waals surface area contributed by atoms with Gasteiger partial charge in [-0.15, -0.1) is 0 Å². The first-order valence-corrected chi connectivity index (χ1v) is 37.3. The van der Waals surface area contributed by atoms with Gasteiger partial charge in [0.1, 0.15) is 13.2 Å². The van der Waals surface area contributed by atoms with E-state index < -0.39 is 6.10 Å². The topological polar surface area (TPSA) is 78.9 Å². The van der Waals surface area contributed by atoms with Gasteiger partial charge in [0, 0.05) is 19.3 Å². The van der Waals surface area contributed by atoms with Crippen molar-refractivity contribution in [2.24, 2.45) is 0 Å². The number of unbranched alkanes of at least 4 members (excludes halogenated alkanes) is 55. The van der Waals surface area contributed by atoms with Crippen molar-refractivity contribution in [3.05, 3.63) is 24.3 Å². The minimum absolute atomic E-state index is 0.0675. The molecule has 0 aliphatic carbocycles. The summed E-state index contributed by atoms with van der Waals surface area (Å²) in [4.78, 5) is 38.4. The highest BCUT2D eigenvalue weighted by molar-refractivity contribution is 5.71. The molecule has 6 heteroatoms. The summed E-state index contributed by atoms with van der Waals surface area (Å²) in [6, 6.07) is 0. The van der Waals surface area contributed by atoms with Crippen molar-refractivity contribution in [1.29, 1.82) is 0 Å². The van der Waals surface area contributed by atoms with Crippen LogP contribution in [0.1, 0.15) is 425 Å². The van der Waals surface area contributed by atoms with E-state index >= 15 is 0 Å². The summed E-state index contributed by atoms with van der Waals surface area (Å²) in [6.07, 6.45) is 88.1. The number of carbonyl (C=O) groups is 3. The Kier molecular flexibility index (Phi) is 69.5. The van der Waals surface area contributed by atoms with Crippen LogP contribution in [-0.2, 0) is 28.6 Å². The Bertz CT molecular complexity index is 1320. The molecule has 0 saturated carbocycles. The zero-order valence-corrected chi connectivity index (χ0v) is 55.8. The van der Waals surface area contributed by atoms with Gasteiger partial charge in [0.25, 0.3) is 0 Å². The van der Waals surface area contributed by atoms with Crippen molar-refractivity contribution in [1.82, 2.24) is 0 Å². The first-order valence-electron chi connectivity index (χ1n) is 37.3. The van der Waals surface area contributed by atoms with Gasteiger partial charge in [0.2, 0.25) is 0 Å². The van der Waals surface area contributed by atoms with Crippen molar-refractivity contribution >= 4 is 17.9 Å². The van der Waals surface area contributed by atoms with Crippen molar-refractivity contribution in [3.63, 3.8) is 0 Å². The lowest BCUT2D eigenvalue weighted by Crippen LogP contribution is -2.30. The fraction of sp³-hybridized carbons (Fsp3) is 0.908. The van der Waals surface area contributed by atoms with Gasteiger partial charge in [-0.25, -0.2) is 0 Å². The van der Waals surface area contributed by atoms with Crippen molar-refractivity contribution in [2.75, 3.05) is 13.2 Å². The van der Waals surface area contributed by atoms with E-state index in [1.54, 1.807) is 0 Å². The van der Waals surface area contributed by atoms with Crippen LogP contribution < -0.4 is 0 Å². The molecule has 6 nitrogen and oxygen atoms in total. The minimum atomic E-state index is -0.771. The Morgan fingerprint density at radius 2 is 0.415 bits per heavy atom. The molecule has 0 heterocycles. The molecule has 0 amide bonds. The summed E-state index contributed by atoms with van der Waals surface area (Å²) in [5, 5.41) is 0. The fourth-order valence-corrected chi connectivity index (χ4v) is 11.5. The molecule has 0 saturated heterocycles. The predicted molar refractivity (Wildman–Crippen MR) is 358 cm³/mol. The van der Waals surface area contributed by atoms with Gasteiger partial charge >= 0.3 is 17.9 Å². The summed E-state index contributed by atoms with van der Waals surface area (Å²) < 4.78 is 17.0. The maximum atomic E-state index is 13.0. The number of carbonyl (C=O) groups excluding carboxylic acids is 3. The van der Waals surface area contributed by atoms with Crippen molar-refractivity contribution in [3.8, 4) is 0 Å². The van der Waals surface area contributed by atoms with E-state index in [9.17, 15) is 14.4 Å². The van der Waals surface area contributed by atoms with E-state index in [2.05, 4.69) is 45.1 Å². The molecule has 1 atom stereocenters. The molecule has 0 aliphatic rings. The van der Waals surface area contributed by atoms with Gasteiger partial charge in [-0.1, -0.05) is 366 Å². The Hall–Kier alpha value is -2.11. The van der Waals surface area contributed by atoms with Crippen molar-refractivity contribution < 1.29 is 28.6 Å². The minimum Gasteiger partial charge on any atom is -0.462 e. The third-order valence-electron chi connectivity index (χ3n) is 17.2. The quantitative estimate of drug-likeness (QED) is 0.0261. The second kappa shape index (κ2) is 71.4. The van der Waals surface area contributed by atoms with E-state index in [0.717, 1.165) is 64.2 Å². The molecule has 0 N–H and O–H groups in total. The molecular formula is C76H144O6. The van der Waals surface area contributed by atoms with Crippen LogP contribution in [0.2, 0.25) is 0 Å². The second-order valence-electron chi connectivity index (χ2n) is 25.6. The smallest absolute Gasteiger partial charge is 0.306 e. The highest BCUT2D eigenvalue weighted by atomic mass is 16.6. The average molecular weight is 1150 g/mol. The average Bonchev–Trinajstić information content (AvgIpc) is 3.47. The van der Waals surface area contributed by atoms with Crippen LogP contribution in [0.4, 0.5) is 0 Å². The van der Waals surface area contributed by atoms with E-state index in [1.165, 1.54) is 321 Å². The fourth-order valence-electron chi connectivity index (χ4n) is 11.5. The van der Waals surface area contributed by atoms with Gasteiger partial charge in [-0.3, -0.25) is 14.4 Å². The number of hydrogen-bond donors (Lipinski definition) is 0. The summed E-state index contributed by atoms with van der Waals surface area (Å²) in [7, 11) is 0. The molecule has 82 heavy (non-hydrogen) atoms. The number of hydrogen-bond acceptors (Lipinski definition) is 6. The maximum Gasteiger partial charge on any atom is 0.306 e. The molecule has 484 valence electrons. The van der Waals surface area contributed by atoms with Crippen LogP contribution in [0.15, 0.2) is 24.3 Å². The normalized spacial score (nSPS) is 12.1. The molecule has 0 rings (SSSR count). The Morgan fingerprint density at radius 1 is 0.232 bits per heavy atom. The molecule has 0 spiro atoms. The van der Waals surface area contributed by atoms with Gasteiger partial charge in [-0.05, 0) is 64.2 Å². The lowest BCUT2D eigenvalue weighted by molar-refractivity contribution is -0.167. The number of ether oxygens (including phenoxy) is 3. The van der Waals surface area contributed by atoms with E-state index in [1.807, 2.05) is 0 Å². The lowest BCUT2D eigenvalue weighted by atomic mass is 10.0. The lowest BCUT2D eigenvalue weighted by Gasteiger charge is -2.18. The van der Waals surface area contributed by atoms with E-state index in [0.29, 0.717) is 19.3 Å². The van der Waals surface area contributed by atoms with Gasteiger partial charge in [-0.2, -0.15) is 0 Å². The summed E-state index contributed by atoms with van der Waals surface area (Å²) >= 11 is 0. The Morgan fingerprint density at radius 3 is 0.646 bits per heavy atom. The van der Waals surface area contributed by atoms with Crippen LogP contribution in [0.25, 0.3) is 0 Å². The molecule has 0 bridgehead atoms. The predicted octanol–water partition coefficient (Wildman–Crippen LogP) is 25.7. The molecule has 0 aromatic rings. The monoisotopic (exact) mass is 1150 g/mol. The highest BCUT2D eigenvalue weighted by Gasteiger charge is 2.20. The molecule has 0 radical (unpaired) electrons. The SMILES string of the molecule is CCCC/C=C\CCCCCCCC(=O)OCC(COC(=O)CCCCCCCCCCCCCCCCCCC/C=C\CCCCCCCCCC)OC(=O)CCCCCCCCCCCCCCCCCCCCCCCCCC. The maximum absolute atomic E-state index is 13.0. The summed E-state index contributed by atoms with van der Waals surface area (Å²) in [5.41, 5.74) is 0. The molecule has 0 aliphatic heterocycles. The first-order chi connectivity index (χ1) is 40.5. The van der Waals surface area contributed by atoms with Crippen LogP contribution in [-0.4, -0.2) is 37.2 Å². The Labute approximate surface area is 513 Å². The third-order valence-corrected chi connectivity index (χ3v) is 17.2. The van der Waals surface area contributed by atoms with E-state index in [4.69, 9.17) is 14.2 Å². The largest absolute Gasteiger partial charge is 0.462 e. The standard InChI is InChI=1S/C76H144O6/c1-4-7-10-13-16-19-22-24-26-28-30-32-34-36-37-38-39-40-42-43-45-47-49-51-54-57-60-63-66-69-75(78)81-72-73(71-80-74(77)68-65-62-59-56-53-21-18-15-12-9-6-3)82-76(79)70-67-64-61-58-55-52-50-48-46-44-41-35-33-31-29-27-25-23-20-17-14-11-8-5-2/h15,18,28,30,73H,4-14,16-17,19-27,29,31-72H2,1-3H3/b18-15-,30-28-. The zero-order chi connectivity index (χ0) is 59.2. The third kappa shape index (κ3) is 68.7. The Balaban J connectivity index is 4.12. The highest BCUT2D eigenvalue weighted by Crippen LogP contribution is 2.19. The summed E-state index contributed by atoms with van der Waals surface area (Å²) in [6.45, 7) is 6.68. The van der Waals surface area contributed by atoms with Crippen LogP contribution in [0.5, 0.6) is 0 Å². The number of esters is 3. The van der Waals surface area contributed by atoms with Crippen LogP contribution in [0.3, 0.4) is 0 Å². The summed E-state index contributed by atoms with van der Waals surface area (Å²) in [5.74, 6) is -0.845. The molecule has 1 unspecified atom stereocenters. The first kappa shape index (κ1) is 79.9. The van der Waals surface area contributed by atoms with Gasteiger partial charge in [0.15, 0.2) is 6.10 Å². The molecule has 0 aromatic carbocycles. The number of rotatable bonds is 70. The molecule has 0 aromatic heterocycles. The van der Waals surface area contributed by atoms with Gasteiger partial charge < -0.3 is 14.2 Å². The van der Waals surface area contributed by atoms with Gasteiger partial charge in [0.05, 0.1) is 0 Å². The number of allylic oxidation sites excluding steroid dienone is 4. The van der Waals surface area contributed by atoms with Crippen LogP contribution in [0, 0.1) is 0 Å². The second-order valence-corrected chi connectivity index (χ2v) is 25.6. The van der Waals surface area contributed by atoms with Crippen LogP contribution >= 0.6 is 0 Å². The van der Waals surface area contributed by atoms with Crippen molar-refractivity contribution in [2.45, 2.75) is 431 Å². The van der Waals surface area contributed by atoms with E-state index in [-0.39, 0.29) is 31.1 Å². The molecular weight excluding hydrogens is 1010 g/mol.